The predicted octanol–water partition coefficient (Wildman–Crippen LogP) is 3.56. The van der Waals surface area contributed by atoms with Gasteiger partial charge in [0.1, 0.15) is 10.6 Å². The number of carbonyl (C=O) groups excluding carboxylic acids is 2. The normalized spacial score (nSPS) is 15.4. The van der Waals surface area contributed by atoms with Gasteiger partial charge in [0, 0.05) is 26.2 Å². The van der Waals surface area contributed by atoms with Gasteiger partial charge in [0.2, 0.25) is 10.0 Å². The average Bonchev–Trinajstić information content (AvgIpc) is 3.06. The zero-order valence-electron chi connectivity index (χ0n) is 20.5. The van der Waals surface area contributed by atoms with Gasteiger partial charge in [-0.3, -0.25) is 4.79 Å². The molecule has 1 saturated heterocycles. The van der Waals surface area contributed by atoms with Gasteiger partial charge in [0.15, 0.2) is 6.61 Å². The summed E-state index contributed by atoms with van der Waals surface area (Å²) >= 11 is 0. The maximum atomic E-state index is 13.3. The van der Waals surface area contributed by atoms with Gasteiger partial charge in [0.25, 0.3) is 5.91 Å². The van der Waals surface area contributed by atoms with Crippen LogP contribution in [0.4, 0.5) is 0 Å². The van der Waals surface area contributed by atoms with Crippen LogP contribution in [0, 0.1) is 11.8 Å². The maximum Gasteiger partial charge on any atom is 0.338 e. The molecule has 0 radical (unpaired) electrons. The molecule has 9 heteroatoms. The summed E-state index contributed by atoms with van der Waals surface area (Å²) in [7, 11) is -2.44. The van der Waals surface area contributed by atoms with E-state index in [0.717, 1.165) is 25.7 Å². The number of hydrogen-bond acceptors (Lipinski definition) is 6. The molecular formula is C24H38N2O6S. The Morgan fingerprint density at radius 1 is 1.00 bits per heavy atom. The quantitative estimate of drug-likeness (QED) is 0.474. The van der Waals surface area contributed by atoms with Gasteiger partial charge in [-0.05, 0) is 42.9 Å². The molecule has 33 heavy (non-hydrogen) atoms. The van der Waals surface area contributed by atoms with E-state index >= 15 is 0 Å². The number of benzene rings is 1. The number of sulfonamides is 1. The van der Waals surface area contributed by atoms with Crippen molar-refractivity contribution in [2.24, 2.45) is 11.8 Å². The predicted molar refractivity (Wildman–Crippen MR) is 127 cm³/mol. The van der Waals surface area contributed by atoms with Crippen LogP contribution < -0.4 is 4.74 Å². The van der Waals surface area contributed by atoms with Crippen molar-refractivity contribution in [3.63, 3.8) is 0 Å². The number of methoxy groups -OCH3 is 1. The molecule has 0 bridgehead atoms. The zero-order valence-corrected chi connectivity index (χ0v) is 21.3. The van der Waals surface area contributed by atoms with E-state index < -0.39 is 22.6 Å². The van der Waals surface area contributed by atoms with Crippen LogP contribution in [0.25, 0.3) is 0 Å². The van der Waals surface area contributed by atoms with Crippen molar-refractivity contribution in [2.75, 3.05) is 39.9 Å². The van der Waals surface area contributed by atoms with Gasteiger partial charge in [-0.2, -0.15) is 4.31 Å². The zero-order chi connectivity index (χ0) is 24.6. The van der Waals surface area contributed by atoms with Crippen molar-refractivity contribution in [1.29, 1.82) is 0 Å². The van der Waals surface area contributed by atoms with Gasteiger partial charge in [0.05, 0.1) is 12.7 Å². The first-order valence-corrected chi connectivity index (χ1v) is 13.1. The van der Waals surface area contributed by atoms with Crippen LogP contribution in [-0.4, -0.2) is 69.4 Å². The Morgan fingerprint density at radius 3 is 2.09 bits per heavy atom. The van der Waals surface area contributed by atoms with Crippen LogP contribution in [0.15, 0.2) is 23.1 Å². The van der Waals surface area contributed by atoms with Crippen LogP contribution in [0.2, 0.25) is 0 Å². The Bertz CT molecular complexity index is 896. The third-order valence-corrected chi connectivity index (χ3v) is 7.35. The average molecular weight is 483 g/mol. The first-order chi connectivity index (χ1) is 15.6. The molecule has 1 amide bonds. The first kappa shape index (κ1) is 27.1. The first-order valence-electron chi connectivity index (χ1n) is 11.7. The molecule has 0 unspecified atom stereocenters. The van der Waals surface area contributed by atoms with Gasteiger partial charge < -0.3 is 14.4 Å². The molecule has 0 saturated carbocycles. The standard InChI is InChI=1S/C24H38N2O6S/c1-18(2)15-25(16-19(3)4)23(27)17-32-24(28)20-10-11-21(31-5)22(14-20)33(29,30)26-12-8-6-7-9-13-26/h10-11,14,18-19H,6-9,12-13,15-17H2,1-5H3. The van der Waals surface area contributed by atoms with E-state index in [2.05, 4.69) is 0 Å². The van der Waals surface area contributed by atoms with Crippen molar-refractivity contribution >= 4 is 21.9 Å². The lowest BCUT2D eigenvalue weighted by Gasteiger charge is -2.26. The number of amides is 1. The largest absolute Gasteiger partial charge is 0.495 e. The van der Waals surface area contributed by atoms with E-state index in [1.54, 1.807) is 4.90 Å². The summed E-state index contributed by atoms with van der Waals surface area (Å²) < 4.78 is 38.6. The fourth-order valence-corrected chi connectivity index (χ4v) is 5.59. The second-order valence-electron chi connectivity index (χ2n) is 9.35. The Labute approximate surface area is 198 Å². The van der Waals surface area contributed by atoms with E-state index in [1.807, 2.05) is 27.7 Å². The smallest absolute Gasteiger partial charge is 0.338 e. The fraction of sp³-hybridized carbons (Fsp3) is 0.667. The van der Waals surface area contributed by atoms with Gasteiger partial charge in [-0.1, -0.05) is 40.5 Å². The third-order valence-electron chi connectivity index (χ3n) is 5.43. The molecule has 186 valence electrons. The molecule has 0 N–H and O–H groups in total. The van der Waals surface area contributed by atoms with Crippen LogP contribution >= 0.6 is 0 Å². The summed E-state index contributed by atoms with van der Waals surface area (Å²) in [4.78, 5) is 27.0. The second-order valence-corrected chi connectivity index (χ2v) is 11.3. The summed E-state index contributed by atoms with van der Waals surface area (Å²) in [6, 6.07) is 4.19. The van der Waals surface area contributed by atoms with Crippen molar-refractivity contribution in [2.45, 2.75) is 58.3 Å². The van der Waals surface area contributed by atoms with E-state index in [0.29, 0.717) is 26.2 Å². The SMILES string of the molecule is COc1ccc(C(=O)OCC(=O)N(CC(C)C)CC(C)C)cc1S(=O)(=O)N1CCCCCC1. The number of ether oxygens (including phenoxy) is 2. The number of carbonyl (C=O) groups is 2. The lowest BCUT2D eigenvalue weighted by molar-refractivity contribution is -0.135. The minimum Gasteiger partial charge on any atom is -0.495 e. The second kappa shape index (κ2) is 12.4. The Hall–Kier alpha value is -2.13. The molecule has 0 aliphatic carbocycles. The summed E-state index contributed by atoms with van der Waals surface area (Å²) in [6.07, 6.45) is 3.59. The third kappa shape index (κ3) is 7.71. The highest BCUT2D eigenvalue weighted by Crippen LogP contribution is 2.29. The highest BCUT2D eigenvalue weighted by Gasteiger charge is 2.29. The Morgan fingerprint density at radius 2 is 1.58 bits per heavy atom. The molecule has 1 aliphatic heterocycles. The number of rotatable bonds is 10. The maximum absolute atomic E-state index is 13.3. The van der Waals surface area contributed by atoms with Gasteiger partial charge in [-0.15, -0.1) is 0 Å². The van der Waals surface area contributed by atoms with Crippen molar-refractivity contribution in [3.05, 3.63) is 23.8 Å². The van der Waals surface area contributed by atoms with Crippen LogP contribution in [-0.2, 0) is 19.6 Å². The van der Waals surface area contributed by atoms with Crippen molar-refractivity contribution in [3.8, 4) is 5.75 Å². The molecule has 1 fully saturated rings. The fourth-order valence-electron chi connectivity index (χ4n) is 3.89. The lowest BCUT2D eigenvalue weighted by atomic mass is 10.1. The minimum absolute atomic E-state index is 0.0612. The van der Waals surface area contributed by atoms with Crippen molar-refractivity contribution in [1.82, 2.24) is 9.21 Å². The summed E-state index contributed by atoms with van der Waals surface area (Å²) in [5, 5.41) is 0. The Balaban J connectivity index is 2.18. The molecule has 0 aromatic heterocycles. The molecule has 1 aromatic carbocycles. The summed E-state index contributed by atoms with van der Waals surface area (Å²) in [6.45, 7) is 9.74. The van der Waals surface area contributed by atoms with E-state index in [-0.39, 0.29) is 34.0 Å². The van der Waals surface area contributed by atoms with E-state index in [9.17, 15) is 18.0 Å². The van der Waals surface area contributed by atoms with Crippen LogP contribution in [0.3, 0.4) is 0 Å². The minimum atomic E-state index is -3.83. The molecule has 0 spiro atoms. The monoisotopic (exact) mass is 482 g/mol. The number of hydrogen-bond donors (Lipinski definition) is 0. The van der Waals surface area contributed by atoms with Crippen LogP contribution in [0.5, 0.6) is 5.75 Å². The Kier molecular flexibility index (Phi) is 10.2. The number of esters is 1. The topological polar surface area (TPSA) is 93.2 Å². The highest BCUT2D eigenvalue weighted by molar-refractivity contribution is 7.89. The van der Waals surface area contributed by atoms with Gasteiger partial charge in [-0.25, -0.2) is 13.2 Å². The van der Waals surface area contributed by atoms with Gasteiger partial charge >= 0.3 is 5.97 Å². The molecule has 8 nitrogen and oxygen atoms in total. The van der Waals surface area contributed by atoms with Crippen molar-refractivity contribution < 1.29 is 27.5 Å². The molecule has 1 aliphatic rings. The summed E-state index contributed by atoms with van der Waals surface area (Å²) in [5.41, 5.74) is 0.0660. The lowest BCUT2D eigenvalue weighted by Crippen LogP contribution is -2.39. The summed E-state index contributed by atoms with van der Waals surface area (Å²) in [5.74, 6) is -0.260. The van der Waals surface area contributed by atoms with E-state index in [4.69, 9.17) is 9.47 Å². The molecule has 1 heterocycles. The highest BCUT2D eigenvalue weighted by atomic mass is 32.2. The van der Waals surface area contributed by atoms with E-state index in [1.165, 1.54) is 29.6 Å². The molecule has 1 aromatic rings. The van der Waals surface area contributed by atoms with Crippen LogP contribution in [0.1, 0.15) is 63.7 Å². The molecular weight excluding hydrogens is 444 g/mol. The number of nitrogens with zero attached hydrogens (tertiary/aromatic N) is 2. The molecule has 2 rings (SSSR count). The molecule has 0 atom stereocenters.